The summed E-state index contributed by atoms with van der Waals surface area (Å²) in [6.45, 7) is 5.57. The first kappa shape index (κ1) is 31.4. The Hall–Kier alpha value is -0.650. The highest BCUT2D eigenvalue weighted by molar-refractivity contribution is 5.76. The Labute approximate surface area is 199 Å². The summed E-state index contributed by atoms with van der Waals surface area (Å²) in [5.74, 6) is -0.0154. The Bertz CT molecular complexity index is 392. The summed E-state index contributed by atoms with van der Waals surface area (Å²) < 4.78 is 5.58. The highest BCUT2D eigenvalue weighted by atomic mass is 16.5. The van der Waals surface area contributed by atoms with Crippen molar-refractivity contribution in [3.63, 3.8) is 0 Å². The van der Waals surface area contributed by atoms with Gasteiger partial charge in [-0.15, -0.1) is 0 Å². The molecule has 0 aliphatic heterocycles. The zero-order valence-corrected chi connectivity index (χ0v) is 21.5. The van der Waals surface area contributed by atoms with Crippen molar-refractivity contribution in [3.8, 4) is 0 Å². The Morgan fingerprint density at radius 1 is 0.750 bits per heavy atom. The molecule has 0 aromatic heterocycles. The molecule has 2 N–H and O–H groups in total. The molecule has 5 heteroatoms. The molecule has 32 heavy (non-hydrogen) atoms. The lowest BCUT2D eigenvalue weighted by atomic mass is 10.0. The van der Waals surface area contributed by atoms with Crippen LogP contribution in [0.15, 0.2) is 0 Å². The highest BCUT2D eigenvalue weighted by Crippen LogP contribution is 2.13. The number of ether oxygens (including phenoxy) is 1. The molecule has 0 aliphatic carbocycles. The Morgan fingerprint density at radius 2 is 1.22 bits per heavy atom. The van der Waals surface area contributed by atoms with Gasteiger partial charge < -0.3 is 19.8 Å². The standard InChI is InChI=1S/C27H55NO4/c1-3-5-6-7-8-9-10-11-12-13-14-15-16-17-18-19-23-32-25-26(30)24-28(21-22-29)27(31)20-4-2/h26,29-30H,3-25H2,1-2H3. The first-order valence-corrected chi connectivity index (χ1v) is 13.8. The second-order valence-electron chi connectivity index (χ2n) is 9.35. The second-order valence-corrected chi connectivity index (χ2v) is 9.35. The molecule has 0 spiro atoms. The van der Waals surface area contributed by atoms with Crippen LogP contribution in [0, 0.1) is 0 Å². The molecular formula is C27H55NO4. The minimum atomic E-state index is -0.691. The smallest absolute Gasteiger partial charge is 0.222 e. The molecular weight excluding hydrogens is 402 g/mol. The second kappa shape index (κ2) is 25.0. The van der Waals surface area contributed by atoms with Crippen LogP contribution in [0.1, 0.15) is 129 Å². The number of aliphatic hydroxyl groups is 2. The van der Waals surface area contributed by atoms with Gasteiger partial charge in [-0.25, -0.2) is 0 Å². The van der Waals surface area contributed by atoms with Crippen LogP contribution in [-0.4, -0.2) is 60.0 Å². The van der Waals surface area contributed by atoms with E-state index in [0.29, 0.717) is 13.0 Å². The molecule has 0 heterocycles. The molecule has 192 valence electrons. The van der Waals surface area contributed by atoms with Gasteiger partial charge in [0.25, 0.3) is 0 Å². The van der Waals surface area contributed by atoms with Crippen LogP contribution in [0.5, 0.6) is 0 Å². The summed E-state index contributed by atoms with van der Waals surface area (Å²) >= 11 is 0. The molecule has 5 nitrogen and oxygen atoms in total. The molecule has 0 aromatic carbocycles. The Balaban J connectivity index is 3.38. The molecule has 0 fully saturated rings. The van der Waals surface area contributed by atoms with E-state index in [2.05, 4.69) is 6.92 Å². The highest BCUT2D eigenvalue weighted by Gasteiger charge is 2.16. The predicted molar refractivity (Wildman–Crippen MR) is 135 cm³/mol. The Morgan fingerprint density at radius 3 is 1.66 bits per heavy atom. The molecule has 1 unspecified atom stereocenters. The maximum absolute atomic E-state index is 12.0. The van der Waals surface area contributed by atoms with Gasteiger partial charge in [-0.1, -0.05) is 110 Å². The van der Waals surface area contributed by atoms with Gasteiger partial charge in [-0.2, -0.15) is 0 Å². The van der Waals surface area contributed by atoms with Crippen molar-refractivity contribution in [3.05, 3.63) is 0 Å². The summed E-state index contributed by atoms with van der Waals surface area (Å²) in [6.07, 6.45) is 22.2. The van der Waals surface area contributed by atoms with Gasteiger partial charge in [0, 0.05) is 26.1 Å². The van der Waals surface area contributed by atoms with E-state index in [1.807, 2.05) is 6.92 Å². The summed E-state index contributed by atoms with van der Waals surface area (Å²) in [7, 11) is 0. The van der Waals surface area contributed by atoms with Crippen molar-refractivity contribution in [2.45, 2.75) is 136 Å². The molecule has 0 aliphatic rings. The van der Waals surface area contributed by atoms with E-state index in [1.165, 1.54) is 101 Å². The van der Waals surface area contributed by atoms with Crippen molar-refractivity contribution < 1.29 is 19.7 Å². The number of hydrogen-bond donors (Lipinski definition) is 2. The van der Waals surface area contributed by atoms with Gasteiger partial charge >= 0.3 is 0 Å². The summed E-state index contributed by atoms with van der Waals surface area (Å²) in [5, 5.41) is 19.2. The van der Waals surface area contributed by atoms with Crippen LogP contribution in [0.4, 0.5) is 0 Å². The summed E-state index contributed by atoms with van der Waals surface area (Å²) in [5.41, 5.74) is 0. The monoisotopic (exact) mass is 457 g/mol. The minimum absolute atomic E-state index is 0.0154. The van der Waals surface area contributed by atoms with Crippen molar-refractivity contribution in [1.29, 1.82) is 0 Å². The van der Waals surface area contributed by atoms with Crippen molar-refractivity contribution in [2.75, 3.05) is 32.9 Å². The van der Waals surface area contributed by atoms with Crippen molar-refractivity contribution in [1.82, 2.24) is 4.90 Å². The maximum atomic E-state index is 12.0. The van der Waals surface area contributed by atoms with Crippen LogP contribution in [-0.2, 0) is 9.53 Å². The average Bonchev–Trinajstić information content (AvgIpc) is 2.78. The van der Waals surface area contributed by atoms with Gasteiger partial charge in [0.1, 0.15) is 0 Å². The molecule has 0 aromatic rings. The third-order valence-corrected chi connectivity index (χ3v) is 6.07. The maximum Gasteiger partial charge on any atom is 0.222 e. The topological polar surface area (TPSA) is 70.0 Å². The molecule has 1 amide bonds. The number of rotatable bonds is 25. The van der Waals surface area contributed by atoms with Gasteiger partial charge in [0.05, 0.1) is 19.3 Å². The van der Waals surface area contributed by atoms with Crippen LogP contribution in [0.2, 0.25) is 0 Å². The summed E-state index contributed by atoms with van der Waals surface area (Å²) in [4.78, 5) is 13.5. The molecule has 0 saturated carbocycles. The van der Waals surface area contributed by atoms with Crippen LogP contribution < -0.4 is 0 Å². The van der Waals surface area contributed by atoms with Crippen LogP contribution in [0.25, 0.3) is 0 Å². The first-order chi connectivity index (χ1) is 15.7. The lowest BCUT2D eigenvalue weighted by Crippen LogP contribution is -2.40. The number of nitrogens with zero attached hydrogens (tertiary/aromatic N) is 1. The number of hydrogen-bond acceptors (Lipinski definition) is 4. The average molecular weight is 458 g/mol. The number of carbonyl (C=O) groups is 1. The number of amides is 1. The van der Waals surface area contributed by atoms with Gasteiger partial charge in [-0.05, 0) is 12.8 Å². The van der Waals surface area contributed by atoms with Crippen molar-refractivity contribution >= 4 is 5.91 Å². The summed E-state index contributed by atoms with van der Waals surface area (Å²) in [6, 6.07) is 0. The largest absolute Gasteiger partial charge is 0.395 e. The number of unbranched alkanes of at least 4 members (excludes halogenated alkanes) is 15. The van der Waals surface area contributed by atoms with E-state index in [-0.39, 0.29) is 32.2 Å². The van der Waals surface area contributed by atoms with Gasteiger partial charge in [0.15, 0.2) is 0 Å². The lowest BCUT2D eigenvalue weighted by Gasteiger charge is -2.24. The fourth-order valence-electron chi connectivity index (χ4n) is 4.09. The fraction of sp³-hybridized carbons (Fsp3) is 0.963. The minimum Gasteiger partial charge on any atom is -0.395 e. The fourth-order valence-corrected chi connectivity index (χ4v) is 4.09. The zero-order chi connectivity index (χ0) is 23.7. The van der Waals surface area contributed by atoms with Crippen LogP contribution >= 0.6 is 0 Å². The SMILES string of the molecule is CCCCCCCCCCCCCCCCCCOCC(O)CN(CCO)C(=O)CCC. The van der Waals surface area contributed by atoms with Gasteiger partial charge in [0.2, 0.25) is 5.91 Å². The normalized spacial score (nSPS) is 12.2. The molecule has 0 radical (unpaired) electrons. The molecule has 0 bridgehead atoms. The molecule has 0 rings (SSSR count). The molecule has 1 atom stereocenters. The van der Waals surface area contributed by atoms with E-state index in [0.717, 1.165) is 12.8 Å². The zero-order valence-electron chi connectivity index (χ0n) is 21.5. The third kappa shape index (κ3) is 21.2. The number of aliphatic hydroxyl groups excluding tert-OH is 2. The predicted octanol–water partition coefficient (Wildman–Crippen LogP) is 6.25. The lowest BCUT2D eigenvalue weighted by molar-refractivity contribution is -0.133. The molecule has 0 saturated heterocycles. The van der Waals surface area contributed by atoms with E-state index in [4.69, 9.17) is 9.84 Å². The quantitative estimate of drug-likeness (QED) is 0.159. The number of carbonyl (C=O) groups excluding carboxylic acids is 1. The van der Waals surface area contributed by atoms with E-state index < -0.39 is 6.10 Å². The van der Waals surface area contributed by atoms with E-state index in [9.17, 15) is 9.90 Å². The van der Waals surface area contributed by atoms with Gasteiger partial charge in [-0.3, -0.25) is 4.79 Å². The van der Waals surface area contributed by atoms with E-state index in [1.54, 1.807) is 0 Å². The van der Waals surface area contributed by atoms with Crippen molar-refractivity contribution in [2.24, 2.45) is 0 Å². The Kier molecular flexibility index (Phi) is 24.5. The van der Waals surface area contributed by atoms with Crippen LogP contribution in [0.3, 0.4) is 0 Å². The third-order valence-electron chi connectivity index (χ3n) is 6.07. The first-order valence-electron chi connectivity index (χ1n) is 13.8. The van der Waals surface area contributed by atoms with E-state index >= 15 is 0 Å².